The van der Waals surface area contributed by atoms with E-state index in [1.165, 1.54) is 96.3 Å². The molecule has 4 unspecified atom stereocenters. The van der Waals surface area contributed by atoms with E-state index < -0.39 is 32.0 Å². The quantitative estimate of drug-likeness (QED) is 0.0246. The summed E-state index contributed by atoms with van der Waals surface area (Å²) >= 11 is 0. The Labute approximate surface area is 294 Å². The van der Waals surface area contributed by atoms with Crippen molar-refractivity contribution < 1.29 is 33.5 Å². The molecule has 0 heterocycles. The largest absolute Gasteiger partial charge is 0.472 e. The number of allylic oxidation sites excluding steroid dienone is 4. The van der Waals surface area contributed by atoms with Gasteiger partial charge in [0.05, 0.1) is 37.9 Å². The zero-order valence-electron chi connectivity index (χ0n) is 30.8. The van der Waals surface area contributed by atoms with E-state index in [0.29, 0.717) is 12.8 Å². The third-order valence-electron chi connectivity index (χ3n) is 8.64. The molecule has 0 spiro atoms. The van der Waals surface area contributed by atoms with E-state index in [-0.39, 0.29) is 26.2 Å². The van der Waals surface area contributed by atoms with Gasteiger partial charge in [-0.2, -0.15) is 0 Å². The first kappa shape index (κ1) is 46.9. The summed E-state index contributed by atoms with van der Waals surface area (Å²) in [6.45, 7) is 3.97. The monoisotopic (exact) mass is 703 g/mol. The maximum absolute atomic E-state index is 12.7. The van der Waals surface area contributed by atoms with Gasteiger partial charge >= 0.3 is 7.82 Å². The summed E-state index contributed by atoms with van der Waals surface area (Å²) in [5, 5.41) is 24.0. The molecule has 10 heteroatoms. The van der Waals surface area contributed by atoms with Crippen LogP contribution in [-0.2, 0) is 18.4 Å². The van der Waals surface area contributed by atoms with E-state index in [2.05, 4.69) is 43.5 Å². The summed E-state index contributed by atoms with van der Waals surface area (Å²) in [6, 6.07) is -0.895. The molecule has 0 aliphatic carbocycles. The fourth-order valence-electron chi connectivity index (χ4n) is 5.64. The molecule has 0 aromatic heterocycles. The Bertz CT molecular complexity index is 827. The van der Waals surface area contributed by atoms with Crippen LogP contribution in [0.25, 0.3) is 0 Å². The number of hydrogen-bond donors (Lipinski definition) is 5. The molecule has 284 valence electrons. The van der Waals surface area contributed by atoms with E-state index in [4.69, 9.17) is 14.8 Å². The van der Waals surface area contributed by atoms with Crippen molar-refractivity contribution >= 4 is 13.7 Å². The molecular weight excluding hydrogens is 627 g/mol. The number of aliphatic hydroxyl groups excluding tert-OH is 2. The number of phosphoric acid groups is 1. The van der Waals surface area contributed by atoms with Gasteiger partial charge in [0.15, 0.2) is 0 Å². The van der Waals surface area contributed by atoms with Crippen LogP contribution in [-0.4, -0.2) is 59.0 Å². The Hall–Kier alpha value is -1.06. The van der Waals surface area contributed by atoms with E-state index in [9.17, 15) is 24.5 Å². The zero-order valence-corrected chi connectivity index (χ0v) is 31.7. The Morgan fingerprint density at radius 3 is 1.71 bits per heavy atom. The van der Waals surface area contributed by atoms with Crippen LogP contribution in [0, 0.1) is 0 Å². The van der Waals surface area contributed by atoms with Crippen LogP contribution in [0.5, 0.6) is 0 Å². The lowest BCUT2D eigenvalue weighted by molar-refractivity contribution is -0.125. The number of phosphoric ester groups is 1. The lowest BCUT2D eigenvalue weighted by Gasteiger charge is -2.25. The average Bonchev–Trinajstić information content (AvgIpc) is 3.06. The summed E-state index contributed by atoms with van der Waals surface area (Å²) in [6.07, 6.45) is 33.7. The predicted molar refractivity (Wildman–Crippen MR) is 200 cm³/mol. The second-order valence-corrected chi connectivity index (χ2v) is 14.8. The maximum atomic E-state index is 12.7. The fourth-order valence-corrected chi connectivity index (χ4v) is 6.40. The minimum Gasteiger partial charge on any atom is -0.393 e. The summed E-state index contributed by atoms with van der Waals surface area (Å²) in [4.78, 5) is 22.6. The number of nitrogens with one attached hydrogen (secondary N) is 1. The number of nitrogens with two attached hydrogens (primary N) is 1. The standard InChI is InChI=1S/C38H75N2O7P/c1-3-5-7-9-11-13-14-15-16-17-18-19-20-22-23-25-27-29-35(41)33-38(43)40-36(34-47-48(44,45)46-32-31-39)37(42)30-28-26-24-21-12-10-8-6-4-2/h11,13-15,35-37,41-42H,3-10,12,16-34,39H2,1-2H3,(H,40,43)(H,44,45)/b13-11-,15-14-. The van der Waals surface area contributed by atoms with Crippen LogP contribution < -0.4 is 11.1 Å². The van der Waals surface area contributed by atoms with Crippen molar-refractivity contribution in [3.8, 4) is 0 Å². The molecule has 0 aromatic rings. The van der Waals surface area contributed by atoms with Crippen LogP contribution in [0.4, 0.5) is 0 Å². The molecule has 0 radical (unpaired) electrons. The lowest BCUT2D eigenvalue weighted by atomic mass is 10.0. The summed E-state index contributed by atoms with van der Waals surface area (Å²) in [5.74, 6) is -0.421. The molecule has 1 amide bonds. The second kappa shape index (κ2) is 34.4. The Balaban J connectivity index is 4.27. The zero-order chi connectivity index (χ0) is 35.6. The van der Waals surface area contributed by atoms with Crippen molar-refractivity contribution in [1.82, 2.24) is 5.32 Å². The average molecular weight is 703 g/mol. The maximum Gasteiger partial charge on any atom is 0.472 e. The van der Waals surface area contributed by atoms with Gasteiger partial charge in [-0.25, -0.2) is 4.57 Å². The highest BCUT2D eigenvalue weighted by atomic mass is 31.2. The number of aliphatic hydroxyl groups is 2. The van der Waals surface area contributed by atoms with Gasteiger partial charge in [0.1, 0.15) is 0 Å². The molecule has 0 aliphatic rings. The van der Waals surface area contributed by atoms with Crippen LogP contribution >= 0.6 is 7.82 Å². The van der Waals surface area contributed by atoms with Crippen molar-refractivity contribution in [3.05, 3.63) is 24.3 Å². The van der Waals surface area contributed by atoms with Crippen LogP contribution in [0.3, 0.4) is 0 Å². The van der Waals surface area contributed by atoms with Gasteiger partial charge < -0.3 is 26.2 Å². The first-order valence-electron chi connectivity index (χ1n) is 19.5. The molecule has 0 rings (SSSR count). The van der Waals surface area contributed by atoms with Gasteiger partial charge in [0.25, 0.3) is 0 Å². The molecule has 9 nitrogen and oxygen atoms in total. The van der Waals surface area contributed by atoms with Crippen molar-refractivity contribution in [2.45, 2.75) is 193 Å². The molecule has 6 N–H and O–H groups in total. The Morgan fingerprint density at radius 1 is 0.708 bits per heavy atom. The Kier molecular flexibility index (Phi) is 33.6. The second-order valence-electron chi connectivity index (χ2n) is 13.4. The molecule has 0 aromatic carbocycles. The first-order chi connectivity index (χ1) is 23.3. The van der Waals surface area contributed by atoms with Gasteiger partial charge in [-0.1, -0.05) is 154 Å². The molecule has 48 heavy (non-hydrogen) atoms. The molecule has 0 saturated carbocycles. The molecule has 0 saturated heterocycles. The molecule has 4 atom stereocenters. The van der Waals surface area contributed by atoms with Crippen LogP contribution in [0.15, 0.2) is 24.3 Å². The SMILES string of the molecule is CCCCC/C=C\C=C/CCCCCCCCCCC(O)CC(=O)NC(COP(=O)(O)OCCN)C(O)CCCCCCCCCCC. The van der Waals surface area contributed by atoms with Crippen molar-refractivity contribution in [2.75, 3.05) is 19.8 Å². The van der Waals surface area contributed by atoms with Gasteiger partial charge in [0.2, 0.25) is 5.91 Å². The molecule has 0 aliphatic heterocycles. The van der Waals surface area contributed by atoms with E-state index in [1.807, 2.05) is 0 Å². The fraction of sp³-hybridized carbons (Fsp3) is 0.868. The highest BCUT2D eigenvalue weighted by Crippen LogP contribution is 2.43. The van der Waals surface area contributed by atoms with Gasteiger partial charge in [-0.3, -0.25) is 13.8 Å². The van der Waals surface area contributed by atoms with E-state index >= 15 is 0 Å². The minimum absolute atomic E-state index is 0.0585. The van der Waals surface area contributed by atoms with E-state index in [0.717, 1.165) is 44.9 Å². The minimum atomic E-state index is -4.37. The smallest absolute Gasteiger partial charge is 0.393 e. The lowest BCUT2D eigenvalue weighted by Crippen LogP contribution is -2.47. The number of carbonyl (C=O) groups is 1. The van der Waals surface area contributed by atoms with Crippen LogP contribution in [0.1, 0.15) is 174 Å². The van der Waals surface area contributed by atoms with Crippen LogP contribution in [0.2, 0.25) is 0 Å². The van der Waals surface area contributed by atoms with Gasteiger partial charge in [0, 0.05) is 6.54 Å². The molecule has 0 fully saturated rings. The number of carbonyl (C=O) groups excluding carboxylic acids is 1. The molecule has 0 bridgehead atoms. The number of hydrogen-bond acceptors (Lipinski definition) is 7. The van der Waals surface area contributed by atoms with Crippen molar-refractivity contribution in [3.63, 3.8) is 0 Å². The first-order valence-corrected chi connectivity index (χ1v) is 21.0. The summed E-state index contributed by atoms with van der Waals surface area (Å²) in [7, 11) is -4.37. The highest BCUT2D eigenvalue weighted by Gasteiger charge is 2.28. The van der Waals surface area contributed by atoms with Crippen molar-refractivity contribution in [2.24, 2.45) is 5.73 Å². The number of unbranched alkanes of at least 4 members (excludes halogenated alkanes) is 19. The normalized spacial score (nSPS) is 15.2. The van der Waals surface area contributed by atoms with E-state index in [1.54, 1.807) is 0 Å². The number of rotatable bonds is 36. The molecular formula is C38H75N2O7P. The summed E-state index contributed by atoms with van der Waals surface area (Å²) < 4.78 is 22.0. The van der Waals surface area contributed by atoms with Crippen molar-refractivity contribution in [1.29, 1.82) is 0 Å². The Morgan fingerprint density at radius 2 is 1.17 bits per heavy atom. The third kappa shape index (κ3) is 32.2. The predicted octanol–water partition coefficient (Wildman–Crippen LogP) is 9.19. The number of amides is 1. The highest BCUT2D eigenvalue weighted by molar-refractivity contribution is 7.47. The topological polar surface area (TPSA) is 151 Å². The van der Waals surface area contributed by atoms with Gasteiger partial charge in [-0.05, 0) is 38.5 Å². The third-order valence-corrected chi connectivity index (χ3v) is 9.62. The van der Waals surface area contributed by atoms with Gasteiger partial charge in [-0.15, -0.1) is 0 Å². The summed E-state index contributed by atoms with van der Waals surface area (Å²) in [5.41, 5.74) is 5.34.